The van der Waals surface area contributed by atoms with Crippen molar-refractivity contribution in [2.75, 3.05) is 33.0 Å². The highest BCUT2D eigenvalue weighted by Gasteiger charge is 2.19. The Hall–Kier alpha value is -2.78. The first kappa shape index (κ1) is 21.9. The van der Waals surface area contributed by atoms with E-state index < -0.39 is 16.0 Å². The Morgan fingerprint density at radius 3 is 2.53 bits per heavy atom. The molecule has 0 aliphatic carbocycles. The number of hydrogen-bond donors (Lipinski definition) is 1. The number of rotatable bonds is 10. The summed E-state index contributed by atoms with van der Waals surface area (Å²) in [5, 5.41) is 0. The molecule has 2 aromatic rings. The van der Waals surface area contributed by atoms with E-state index in [0.717, 1.165) is 5.56 Å². The highest BCUT2D eigenvalue weighted by atomic mass is 32.2. The molecule has 0 radical (unpaired) electrons. The molecule has 8 nitrogen and oxygen atoms in total. The van der Waals surface area contributed by atoms with Gasteiger partial charge in [0.2, 0.25) is 10.0 Å². The number of sulfonamides is 1. The van der Waals surface area contributed by atoms with Crippen LogP contribution in [-0.4, -0.2) is 47.4 Å². The molecule has 3 rings (SSSR count). The minimum atomic E-state index is -3.70. The summed E-state index contributed by atoms with van der Waals surface area (Å²) >= 11 is 0. The van der Waals surface area contributed by atoms with Crippen molar-refractivity contribution in [3.05, 3.63) is 48.0 Å². The second kappa shape index (κ2) is 10.3. The van der Waals surface area contributed by atoms with Gasteiger partial charge in [0.25, 0.3) is 0 Å². The summed E-state index contributed by atoms with van der Waals surface area (Å²) in [5.41, 5.74) is 1.14. The van der Waals surface area contributed by atoms with Gasteiger partial charge in [0, 0.05) is 19.0 Å². The van der Waals surface area contributed by atoms with Gasteiger partial charge in [-0.15, -0.1) is 0 Å². The van der Waals surface area contributed by atoms with Gasteiger partial charge in [0.1, 0.15) is 32.2 Å². The summed E-state index contributed by atoms with van der Waals surface area (Å²) in [5.74, 6) is 1.24. The van der Waals surface area contributed by atoms with Crippen LogP contribution in [0.3, 0.4) is 0 Å². The van der Waals surface area contributed by atoms with E-state index in [4.69, 9.17) is 18.9 Å². The Morgan fingerprint density at radius 1 is 1.03 bits per heavy atom. The van der Waals surface area contributed by atoms with Gasteiger partial charge < -0.3 is 18.9 Å². The van der Waals surface area contributed by atoms with Crippen LogP contribution in [0.2, 0.25) is 0 Å². The van der Waals surface area contributed by atoms with Gasteiger partial charge in [-0.3, -0.25) is 4.79 Å². The van der Waals surface area contributed by atoms with E-state index in [1.165, 1.54) is 12.1 Å². The Kier molecular flexibility index (Phi) is 7.53. The monoisotopic (exact) mass is 435 g/mol. The number of benzene rings is 2. The van der Waals surface area contributed by atoms with Crippen molar-refractivity contribution in [2.45, 2.75) is 24.7 Å². The molecule has 162 valence electrons. The zero-order valence-corrected chi connectivity index (χ0v) is 17.6. The molecule has 0 spiro atoms. The van der Waals surface area contributed by atoms with E-state index >= 15 is 0 Å². The van der Waals surface area contributed by atoms with Gasteiger partial charge in [-0.1, -0.05) is 17.7 Å². The highest BCUT2D eigenvalue weighted by Crippen LogP contribution is 2.32. The van der Waals surface area contributed by atoms with Crippen LogP contribution in [0.5, 0.6) is 17.2 Å². The molecule has 0 unspecified atom stereocenters. The molecule has 9 heteroatoms. The lowest BCUT2D eigenvalue weighted by Crippen LogP contribution is -2.26. The molecule has 1 aliphatic rings. The van der Waals surface area contributed by atoms with Gasteiger partial charge in [-0.05, 0) is 37.6 Å². The normalized spacial score (nSPS) is 13.0. The molecule has 0 saturated heterocycles. The standard InChI is InChI=1S/C21H25NO7S/c1-16-4-6-17(7-5-16)26-11-14-29-21(23)3-2-10-22-30(24,25)18-8-9-19-20(15-18)28-13-12-27-19/h4-9,15,22H,2-3,10-14H2,1H3. The first-order valence-electron chi connectivity index (χ1n) is 9.68. The molecule has 0 amide bonds. The molecule has 0 saturated carbocycles. The molecule has 0 bridgehead atoms. The van der Waals surface area contributed by atoms with E-state index in [9.17, 15) is 13.2 Å². The minimum Gasteiger partial charge on any atom is -0.490 e. The van der Waals surface area contributed by atoms with Crippen LogP contribution >= 0.6 is 0 Å². The van der Waals surface area contributed by atoms with Crippen molar-refractivity contribution >= 4 is 16.0 Å². The number of hydrogen-bond acceptors (Lipinski definition) is 7. The van der Waals surface area contributed by atoms with Gasteiger partial charge in [0.15, 0.2) is 11.5 Å². The lowest BCUT2D eigenvalue weighted by Gasteiger charge is -2.18. The van der Waals surface area contributed by atoms with Crippen LogP contribution in [0.1, 0.15) is 18.4 Å². The number of nitrogens with one attached hydrogen (secondary N) is 1. The van der Waals surface area contributed by atoms with Crippen molar-refractivity contribution in [3.8, 4) is 17.2 Å². The largest absolute Gasteiger partial charge is 0.490 e. The van der Waals surface area contributed by atoms with E-state index in [0.29, 0.717) is 36.9 Å². The number of esters is 1. The first-order valence-corrected chi connectivity index (χ1v) is 11.2. The Bertz CT molecular complexity index is 958. The number of ether oxygens (including phenoxy) is 4. The lowest BCUT2D eigenvalue weighted by molar-refractivity contribution is -0.144. The highest BCUT2D eigenvalue weighted by molar-refractivity contribution is 7.89. The second-order valence-electron chi connectivity index (χ2n) is 6.69. The molecular weight excluding hydrogens is 410 g/mol. The molecule has 2 aromatic carbocycles. The summed E-state index contributed by atoms with van der Waals surface area (Å²) in [7, 11) is -3.70. The maximum atomic E-state index is 12.4. The van der Waals surface area contributed by atoms with Crippen molar-refractivity contribution in [3.63, 3.8) is 0 Å². The molecule has 0 aromatic heterocycles. The van der Waals surface area contributed by atoms with Crippen molar-refractivity contribution in [2.24, 2.45) is 0 Å². The molecular formula is C21H25NO7S. The van der Waals surface area contributed by atoms with E-state index in [-0.39, 0.29) is 31.1 Å². The van der Waals surface area contributed by atoms with Crippen molar-refractivity contribution in [1.82, 2.24) is 4.72 Å². The second-order valence-corrected chi connectivity index (χ2v) is 8.46. The van der Waals surface area contributed by atoms with Crippen LogP contribution < -0.4 is 18.9 Å². The molecule has 1 aliphatic heterocycles. The van der Waals surface area contributed by atoms with Crippen LogP contribution in [0, 0.1) is 6.92 Å². The fourth-order valence-electron chi connectivity index (χ4n) is 2.74. The quantitative estimate of drug-likeness (QED) is 0.452. The predicted molar refractivity (Wildman–Crippen MR) is 109 cm³/mol. The molecule has 30 heavy (non-hydrogen) atoms. The third-order valence-corrected chi connectivity index (χ3v) is 5.77. The van der Waals surface area contributed by atoms with Crippen LogP contribution in [-0.2, 0) is 19.6 Å². The number of aryl methyl sites for hydroxylation is 1. The summed E-state index contributed by atoms with van der Waals surface area (Å²) in [6.45, 7) is 3.31. The average Bonchev–Trinajstić information content (AvgIpc) is 2.75. The lowest BCUT2D eigenvalue weighted by atomic mass is 10.2. The van der Waals surface area contributed by atoms with Crippen LogP contribution in [0.25, 0.3) is 0 Å². The third-order valence-electron chi connectivity index (χ3n) is 4.31. The summed E-state index contributed by atoms with van der Waals surface area (Å²) in [6.07, 6.45) is 0.426. The summed E-state index contributed by atoms with van der Waals surface area (Å²) < 4.78 is 48.6. The van der Waals surface area contributed by atoms with Crippen LogP contribution in [0.4, 0.5) is 0 Å². The first-order chi connectivity index (χ1) is 14.4. The molecule has 0 fully saturated rings. The van der Waals surface area contributed by atoms with Crippen LogP contribution in [0.15, 0.2) is 47.4 Å². The fourth-order valence-corrected chi connectivity index (χ4v) is 3.82. The number of fused-ring (bicyclic) bond motifs is 1. The smallest absolute Gasteiger partial charge is 0.305 e. The predicted octanol–water partition coefficient (Wildman–Crippen LogP) is 2.45. The number of carbonyl (C=O) groups excluding carboxylic acids is 1. The van der Waals surface area contributed by atoms with Crippen molar-refractivity contribution in [1.29, 1.82) is 0 Å². The topological polar surface area (TPSA) is 100 Å². The van der Waals surface area contributed by atoms with Gasteiger partial charge in [-0.2, -0.15) is 0 Å². The van der Waals surface area contributed by atoms with Gasteiger partial charge in [-0.25, -0.2) is 13.1 Å². The Labute approximate surface area is 176 Å². The zero-order chi connectivity index (χ0) is 21.4. The molecule has 0 atom stereocenters. The Balaban J connectivity index is 1.33. The van der Waals surface area contributed by atoms with E-state index in [1.54, 1.807) is 6.07 Å². The Morgan fingerprint density at radius 2 is 1.77 bits per heavy atom. The zero-order valence-electron chi connectivity index (χ0n) is 16.8. The van der Waals surface area contributed by atoms with Gasteiger partial charge in [0.05, 0.1) is 4.90 Å². The van der Waals surface area contributed by atoms with E-state index in [1.807, 2.05) is 31.2 Å². The van der Waals surface area contributed by atoms with Gasteiger partial charge >= 0.3 is 5.97 Å². The summed E-state index contributed by atoms with van der Waals surface area (Å²) in [4.78, 5) is 11.9. The van der Waals surface area contributed by atoms with E-state index in [2.05, 4.69) is 4.72 Å². The number of carbonyl (C=O) groups is 1. The van der Waals surface area contributed by atoms with Crippen molar-refractivity contribution < 1.29 is 32.2 Å². The third kappa shape index (κ3) is 6.36. The average molecular weight is 435 g/mol. The summed E-state index contributed by atoms with van der Waals surface area (Å²) in [6, 6.07) is 12.0. The molecule has 1 heterocycles. The molecule has 1 N–H and O–H groups in total. The maximum Gasteiger partial charge on any atom is 0.305 e. The maximum absolute atomic E-state index is 12.4. The fraction of sp³-hybridized carbons (Fsp3) is 0.381. The SMILES string of the molecule is Cc1ccc(OCCOC(=O)CCCNS(=O)(=O)c2ccc3c(c2)OCCO3)cc1. The minimum absolute atomic E-state index is 0.0857.